The van der Waals surface area contributed by atoms with E-state index in [4.69, 9.17) is 5.21 Å². The average molecular weight is 323 g/mol. The summed E-state index contributed by atoms with van der Waals surface area (Å²) in [5.74, 6) is -0.805. The van der Waals surface area contributed by atoms with E-state index in [1.807, 2.05) is 54.6 Å². The van der Waals surface area contributed by atoms with Crippen molar-refractivity contribution in [2.75, 3.05) is 5.32 Å². The number of hydrogen-bond acceptors (Lipinski definition) is 4. The first kappa shape index (κ1) is 15.9. The molecule has 3 rings (SSSR count). The molecule has 1 heterocycles. The molecule has 0 fully saturated rings. The number of carbonyl (C=O) groups is 2. The fourth-order valence-electron chi connectivity index (χ4n) is 2.64. The van der Waals surface area contributed by atoms with Gasteiger partial charge in [0.25, 0.3) is 0 Å². The number of carbonyl (C=O) groups excluding carboxylic acids is 2. The average Bonchev–Trinajstić information content (AvgIpc) is 2.76. The number of para-hydroxylation sites is 1. The maximum Gasteiger partial charge on any atom is 0.249 e. The number of nitrogens with one attached hydrogen (secondary N) is 2. The van der Waals surface area contributed by atoms with E-state index < -0.39 is 11.9 Å². The predicted molar refractivity (Wildman–Crippen MR) is 90.1 cm³/mol. The van der Waals surface area contributed by atoms with Gasteiger partial charge in [0, 0.05) is 17.5 Å². The summed E-state index contributed by atoms with van der Waals surface area (Å²) in [6.07, 6.45) is 0.221. The molecule has 0 saturated heterocycles. The number of aliphatic imine (C=N–C) groups is 1. The largest absolute Gasteiger partial charge is 0.324 e. The van der Waals surface area contributed by atoms with Crippen molar-refractivity contribution in [2.45, 2.75) is 18.9 Å². The highest BCUT2D eigenvalue weighted by Crippen LogP contribution is 2.25. The zero-order valence-corrected chi connectivity index (χ0v) is 12.9. The number of nitrogens with zero attached hydrogens (tertiary/aromatic N) is 1. The molecule has 2 amide bonds. The number of anilines is 1. The summed E-state index contributed by atoms with van der Waals surface area (Å²) in [5.41, 5.74) is 4.72. The second-order valence-corrected chi connectivity index (χ2v) is 5.47. The lowest BCUT2D eigenvalue weighted by atomic mass is 10.0. The minimum absolute atomic E-state index is 0.0104. The SMILES string of the molecule is O=C(CC[C@@H]1N=C(c2ccccc2)c2ccccc2NC1=O)NO. The third-order valence-electron chi connectivity index (χ3n) is 3.84. The summed E-state index contributed by atoms with van der Waals surface area (Å²) in [5, 5.41) is 11.5. The van der Waals surface area contributed by atoms with Crippen LogP contribution >= 0.6 is 0 Å². The van der Waals surface area contributed by atoms with E-state index >= 15 is 0 Å². The molecule has 1 aliphatic heterocycles. The topological polar surface area (TPSA) is 90.8 Å². The zero-order chi connectivity index (χ0) is 16.9. The van der Waals surface area contributed by atoms with Gasteiger partial charge < -0.3 is 5.32 Å². The molecular weight excluding hydrogens is 306 g/mol. The van der Waals surface area contributed by atoms with Crippen LogP contribution in [0.3, 0.4) is 0 Å². The smallest absolute Gasteiger partial charge is 0.249 e. The number of fused-ring (bicyclic) bond motifs is 1. The van der Waals surface area contributed by atoms with Crippen LogP contribution in [0.15, 0.2) is 59.6 Å². The summed E-state index contributed by atoms with van der Waals surface area (Å²) in [6, 6.07) is 16.4. The lowest BCUT2D eigenvalue weighted by molar-refractivity contribution is -0.129. The highest BCUT2D eigenvalue weighted by molar-refractivity contribution is 6.19. The van der Waals surface area contributed by atoms with Gasteiger partial charge in [0.1, 0.15) is 6.04 Å². The van der Waals surface area contributed by atoms with Gasteiger partial charge in [-0.05, 0) is 12.5 Å². The van der Waals surface area contributed by atoms with E-state index in [1.165, 1.54) is 0 Å². The molecule has 3 N–H and O–H groups in total. The monoisotopic (exact) mass is 323 g/mol. The van der Waals surface area contributed by atoms with Crippen LogP contribution < -0.4 is 10.8 Å². The van der Waals surface area contributed by atoms with E-state index in [0.29, 0.717) is 11.4 Å². The Hall–Kier alpha value is -2.99. The van der Waals surface area contributed by atoms with Crippen LogP contribution in [-0.4, -0.2) is 28.8 Å². The molecule has 0 spiro atoms. The minimum Gasteiger partial charge on any atom is -0.324 e. The van der Waals surface area contributed by atoms with Crippen LogP contribution in [0.5, 0.6) is 0 Å². The fraction of sp³-hybridized carbons (Fsp3) is 0.167. The van der Waals surface area contributed by atoms with Crippen molar-refractivity contribution < 1.29 is 14.8 Å². The maximum absolute atomic E-state index is 12.4. The third-order valence-corrected chi connectivity index (χ3v) is 3.84. The number of benzodiazepines with no additional fused rings is 1. The summed E-state index contributed by atoms with van der Waals surface area (Å²) < 4.78 is 0. The Labute approximate surface area is 139 Å². The van der Waals surface area contributed by atoms with E-state index in [2.05, 4.69) is 10.3 Å². The van der Waals surface area contributed by atoms with Crippen molar-refractivity contribution in [3.05, 3.63) is 65.7 Å². The van der Waals surface area contributed by atoms with Crippen LogP contribution in [0.2, 0.25) is 0 Å². The van der Waals surface area contributed by atoms with Crippen molar-refractivity contribution in [3.63, 3.8) is 0 Å². The van der Waals surface area contributed by atoms with Gasteiger partial charge in [-0.2, -0.15) is 0 Å². The van der Waals surface area contributed by atoms with Crippen molar-refractivity contribution in [1.29, 1.82) is 0 Å². The third kappa shape index (κ3) is 3.33. The summed E-state index contributed by atoms with van der Waals surface area (Å²) in [4.78, 5) is 28.3. The molecule has 6 heteroatoms. The van der Waals surface area contributed by atoms with Gasteiger partial charge in [-0.25, -0.2) is 5.48 Å². The molecule has 1 atom stereocenters. The number of benzene rings is 2. The first-order valence-electron chi connectivity index (χ1n) is 7.65. The van der Waals surface area contributed by atoms with Crippen LogP contribution in [0.4, 0.5) is 5.69 Å². The summed E-state index contributed by atoms with van der Waals surface area (Å²) in [6.45, 7) is 0. The Balaban J connectivity index is 2.02. The van der Waals surface area contributed by atoms with Crippen molar-refractivity contribution in [2.24, 2.45) is 4.99 Å². The van der Waals surface area contributed by atoms with Gasteiger partial charge in [0.05, 0.1) is 11.4 Å². The molecule has 0 radical (unpaired) electrons. The molecule has 1 aliphatic rings. The molecule has 0 unspecified atom stereocenters. The highest BCUT2D eigenvalue weighted by Gasteiger charge is 2.25. The first-order valence-corrected chi connectivity index (χ1v) is 7.65. The molecule has 0 bridgehead atoms. The Morgan fingerprint density at radius 2 is 1.83 bits per heavy atom. The number of rotatable bonds is 4. The van der Waals surface area contributed by atoms with E-state index in [1.54, 1.807) is 5.48 Å². The predicted octanol–water partition coefficient (Wildman–Crippen LogP) is 2.13. The fourth-order valence-corrected chi connectivity index (χ4v) is 2.64. The van der Waals surface area contributed by atoms with E-state index in [-0.39, 0.29) is 18.7 Å². The van der Waals surface area contributed by atoms with Crippen LogP contribution in [0.1, 0.15) is 24.0 Å². The van der Waals surface area contributed by atoms with Crippen molar-refractivity contribution >= 4 is 23.2 Å². The maximum atomic E-state index is 12.4. The Morgan fingerprint density at radius 3 is 2.58 bits per heavy atom. The standard InChI is InChI=1S/C18H17N3O3/c22-16(21-24)11-10-15-18(23)20-14-9-5-4-8-13(14)17(19-15)12-6-2-1-3-7-12/h1-9,15,24H,10-11H2,(H,20,23)(H,21,22)/t15-/m0/s1. The molecule has 2 aromatic rings. The van der Waals surface area contributed by atoms with E-state index in [9.17, 15) is 9.59 Å². The van der Waals surface area contributed by atoms with Gasteiger partial charge in [-0.3, -0.25) is 19.8 Å². The Kier molecular flexibility index (Phi) is 4.67. The second kappa shape index (κ2) is 7.06. The summed E-state index contributed by atoms with van der Waals surface area (Å²) >= 11 is 0. The van der Waals surface area contributed by atoms with Crippen molar-refractivity contribution in [3.8, 4) is 0 Å². The van der Waals surface area contributed by atoms with E-state index in [0.717, 1.165) is 11.1 Å². The van der Waals surface area contributed by atoms with Gasteiger partial charge in [-0.1, -0.05) is 48.5 Å². The molecule has 0 aliphatic carbocycles. The van der Waals surface area contributed by atoms with Gasteiger partial charge >= 0.3 is 0 Å². The number of hydrogen-bond donors (Lipinski definition) is 3. The molecule has 122 valence electrons. The van der Waals surface area contributed by atoms with Crippen LogP contribution in [0, 0.1) is 0 Å². The Morgan fingerprint density at radius 1 is 1.12 bits per heavy atom. The van der Waals surface area contributed by atoms with Gasteiger partial charge in [0.15, 0.2) is 0 Å². The second-order valence-electron chi connectivity index (χ2n) is 5.47. The first-order chi connectivity index (χ1) is 11.7. The number of amides is 2. The summed E-state index contributed by atoms with van der Waals surface area (Å²) in [7, 11) is 0. The Bertz CT molecular complexity index is 787. The molecule has 0 saturated carbocycles. The van der Waals surface area contributed by atoms with Crippen LogP contribution in [0.25, 0.3) is 0 Å². The van der Waals surface area contributed by atoms with Crippen molar-refractivity contribution in [1.82, 2.24) is 5.48 Å². The molecule has 6 nitrogen and oxygen atoms in total. The molecule has 24 heavy (non-hydrogen) atoms. The normalized spacial score (nSPS) is 16.5. The zero-order valence-electron chi connectivity index (χ0n) is 12.9. The lowest BCUT2D eigenvalue weighted by Gasteiger charge is -2.10. The van der Waals surface area contributed by atoms with Gasteiger partial charge in [0.2, 0.25) is 11.8 Å². The molecule has 2 aromatic carbocycles. The highest BCUT2D eigenvalue weighted by atomic mass is 16.5. The minimum atomic E-state index is -0.704. The molecule has 0 aromatic heterocycles. The van der Waals surface area contributed by atoms with Gasteiger partial charge in [-0.15, -0.1) is 0 Å². The molecular formula is C18H17N3O3. The number of hydroxylamine groups is 1. The quantitative estimate of drug-likeness (QED) is 0.594. The van der Waals surface area contributed by atoms with Crippen LogP contribution in [-0.2, 0) is 9.59 Å². The lowest BCUT2D eigenvalue weighted by Crippen LogP contribution is -2.28.